The Morgan fingerprint density at radius 2 is 1.75 bits per heavy atom. The predicted molar refractivity (Wildman–Crippen MR) is 105 cm³/mol. The molecule has 0 aliphatic rings. The van der Waals surface area contributed by atoms with Gasteiger partial charge in [-0.2, -0.15) is 0 Å². The predicted octanol–water partition coefficient (Wildman–Crippen LogP) is 4.23. The summed E-state index contributed by atoms with van der Waals surface area (Å²) in [7, 11) is 0. The van der Waals surface area contributed by atoms with E-state index in [9.17, 15) is 9.59 Å². The number of rotatable bonds is 7. The molecule has 0 bridgehead atoms. The van der Waals surface area contributed by atoms with E-state index in [0.29, 0.717) is 5.75 Å². The first-order valence-corrected chi connectivity index (χ1v) is 8.89. The highest BCUT2D eigenvalue weighted by Crippen LogP contribution is 2.22. The Hall–Kier alpha value is -3.67. The van der Waals surface area contributed by atoms with Crippen LogP contribution in [0.25, 0.3) is 0 Å². The zero-order valence-corrected chi connectivity index (χ0v) is 15.4. The molecule has 0 saturated carbocycles. The van der Waals surface area contributed by atoms with Crippen molar-refractivity contribution in [3.8, 4) is 11.5 Å². The van der Waals surface area contributed by atoms with Crippen LogP contribution >= 0.6 is 0 Å². The molecule has 142 valence electrons. The van der Waals surface area contributed by atoms with Crippen molar-refractivity contribution in [2.75, 3.05) is 11.9 Å². The molecule has 0 fully saturated rings. The third kappa shape index (κ3) is 5.17. The van der Waals surface area contributed by atoms with Crippen LogP contribution in [-0.2, 0) is 16.0 Å². The highest BCUT2D eigenvalue weighted by atomic mass is 16.5. The van der Waals surface area contributed by atoms with Gasteiger partial charge in [-0.3, -0.25) is 4.79 Å². The van der Waals surface area contributed by atoms with Gasteiger partial charge in [0.1, 0.15) is 22.9 Å². The van der Waals surface area contributed by atoms with E-state index in [1.807, 2.05) is 48.5 Å². The third-order valence-electron chi connectivity index (χ3n) is 3.80. The minimum absolute atomic E-state index is 0.116. The molecule has 0 unspecified atom stereocenters. The van der Waals surface area contributed by atoms with Gasteiger partial charge in [0, 0.05) is 6.20 Å². The monoisotopic (exact) mass is 376 g/mol. The highest BCUT2D eigenvalue weighted by Gasteiger charge is 2.15. The molecular formula is C22H20N2O4. The van der Waals surface area contributed by atoms with Gasteiger partial charge in [0.05, 0.1) is 13.0 Å². The van der Waals surface area contributed by atoms with Crippen LogP contribution in [-0.4, -0.2) is 23.5 Å². The standard InChI is InChI=1S/C22H20N2O4/c1-2-27-22(26)19-12-7-13-23-21(19)24-20(25)15-16-8-6-11-18(14-16)28-17-9-4-3-5-10-17/h3-14H,2,15H2,1H3,(H,23,24,25). The number of ether oxygens (including phenoxy) is 2. The van der Waals surface area contributed by atoms with E-state index >= 15 is 0 Å². The number of hydrogen-bond acceptors (Lipinski definition) is 5. The Kier molecular flexibility index (Phi) is 6.36. The second-order valence-electron chi connectivity index (χ2n) is 5.91. The van der Waals surface area contributed by atoms with Crippen molar-refractivity contribution in [2.24, 2.45) is 0 Å². The van der Waals surface area contributed by atoms with Crippen molar-refractivity contribution in [1.29, 1.82) is 0 Å². The Labute approximate surface area is 163 Å². The second kappa shape index (κ2) is 9.32. The lowest BCUT2D eigenvalue weighted by atomic mass is 10.1. The topological polar surface area (TPSA) is 77.5 Å². The van der Waals surface area contributed by atoms with E-state index in [1.54, 1.807) is 25.1 Å². The summed E-state index contributed by atoms with van der Waals surface area (Å²) >= 11 is 0. The van der Waals surface area contributed by atoms with Crippen LogP contribution in [0.5, 0.6) is 11.5 Å². The van der Waals surface area contributed by atoms with Gasteiger partial charge in [0.2, 0.25) is 5.91 Å². The van der Waals surface area contributed by atoms with Crippen LogP contribution in [0.2, 0.25) is 0 Å². The minimum Gasteiger partial charge on any atom is -0.462 e. The summed E-state index contributed by atoms with van der Waals surface area (Å²) in [6.07, 6.45) is 1.62. The molecule has 0 atom stereocenters. The molecule has 1 heterocycles. The zero-order valence-electron chi connectivity index (χ0n) is 15.4. The molecule has 6 nitrogen and oxygen atoms in total. The van der Waals surface area contributed by atoms with Crippen molar-refractivity contribution >= 4 is 17.7 Å². The molecule has 1 N–H and O–H groups in total. The van der Waals surface area contributed by atoms with Gasteiger partial charge in [-0.15, -0.1) is 0 Å². The van der Waals surface area contributed by atoms with Gasteiger partial charge >= 0.3 is 5.97 Å². The number of anilines is 1. The molecule has 0 radical (unpaired) electrons. The fourth-order valence-electron chi connectivity index (χ4n) is 2.58. The first kappa shape index (κ1) is 19.1. The van der Waals surface area contributed by atoms with Gasteiger partial charge in [0.25, 0.3) is 0 Å². The van der Waals surface area contributed by atoms with E-state index in [4.69, 9.17) is 9.47 Å². The summed E-state index contributed by atoms with van der Waals surface area (Å²) < 4.78 is 10.8. The smallest absolute Gasteiger partial charge is 0.341 e. The third-order valence-corrected chi connectivity index (χ3v) is 3.80. The molecule has 1 aromatic heterocycles. The Bertz CT molecular complexity index is 958. The lowest BCUT2D eigenvalue weighted by Crippen LogP contribution is -2.18. The number of pyridine rings is 1. The van der Waals surface area contributed by atoms with E-state index in [1.165, 1.54) is 6.20 Å². The van der Waals surface area contributed by atoms with Crippen LogP contribution < -0.4 is 10.1 Å². The molecule has 1 amide bonds. The molecule has 3 aromatic rings. The number of esters is 1. The van der Waals surface area contributed by atoms with Crippen molar-refractivity contribution in [1.82, 2.24) is 4.98 Å². The van der Waals surface area contributed by atoms with Gasteiger partial charge < -0.3 is 14.8 Å². The summed E-state index contributed by atoms with van der Waals surface area (Å²) in [6, 6.07) is 19.9. The number of amides is 1. The largest absolute Gasteiger partial charge is 0.462 e. The van der Waals surface area contributed by atoms with E-state index in [0.717, 1.165) is 11.3 Å². The van der Waals surface area contributed by atoms with Crippen LogP contribution in [0.3, 0.4) is 0 Å². The summed E-state index contributed by atoms with van der Waals surface area (Å²) in [6.45, 7) is 1.96. The molecule has 6 heteroatoms. The maximum absolute atomic E-state index is 12.4. The summed E-state index contributed by atoms with van der Waals surface area (Å²) in [5.41, 5.74) is 0.999. The van der Waals surface area contributed by atoms with Crippen LogP contribution in [0.4, 0.5) is 5.82 Å². The zero-order chi connectivity index (χ0) is 19.8. The number of hydrogen-bond donors (Lipinski definition) is 1. The fraction of sp³-hybridized carbons (Fsp3) is 0.136. The Balaban J connectivity index is 1.67. The lowest BCUT2D eigenvalue weighted by molar-refractivity contribution is -0.115. The maximum Gasteiger partial charge on any atom is 0.341 e. The van der Waals surface area contributed by atoms with Crippen molar-refractivity contribution in [3.05, 3.63) is 84.1 Å². The highest BCUT2D eigenvalue weighted by molar-refractivity contribution is 6.00. The summed E-state index contributed by atoms with van der Waals surface area (Å²) in [4.78, 5) is 28.5. The quantitative estimate of drug-likeness (QED) is 0.624. The maximum atomic E-state index is 12.4. The SMILES string of the molecule is CCOC(=O)c1cccnc1NC(=O)Cc1cccc(Oc2ccccc2)c1. The number of para-hydroxylation sites is 1. The number of benzene rings is 2. The fourth-order valence-corrected chi connectivity index (χ4v) is 2.58. The van der Waals surface area contributed by atoms with E-state index in [-0.39, 0.29) is 30.3 Å². The first-order chi connectivity index (χ1) is 13.7. The first-order valence-electron chi connectivity index (χ1n) is 8.89. The van der Waals surface area contributed by atoms with Crippen molar-refractivity contribution < 1.29 is 19.1 Å². The number of aromatic nitrogens is 1. The van der Waals surface area contributed by atoms with Crippen LogP contribution in [0, 0.1) is 0 Å². The normalized spacial score (nSPS) is 10.2. The lowest BCUT2D eigenvalue weighted by Gasteiger charge is -2.10. The van der Waals surface area contributed by atoms with E-state index in [2.05, 4.69) is 10.3 Å². The molecule has 0 aliphatic heterocycles. The van der Waals surface area contributed by atoms with E-state index < -0.39 is 5.97 Å². The van der Waals surface area contributed by atoms with Crippen LogP contribution in [0.15, 0.2) is 72.9 Å². The summed E-state index contributed by atoms with van der Waals surface area (Å²) in [5.74, 6) is 0.728. The molecule has 3 rings (SSSR count). The molecule has 28 heavy (non-hydrogen) atoms. The number of nitrogens with one attached hydrogen (secondary N) is 1. The van der Waals surface area contributed by atoms with Gasteiger partial charge in [-0.25, -0.2) is 9.78 Å². The number of carbonyl (C=O) groups excluding carboxylic acids is 2. The average Bonchev–Trinajstić information content (AvgIpc) is 2.69. The number of nitrogens with zero attached hydrogens (tertiary/aromatic N) is 1. The molecule has 0 saturated heterocycles. The minimum atomic E-state index is -0.524. The van der Waals surface area contributed by atoms with Crippen molar-refractivity contribution in [3.63, 3.8) is 0 Å². The Morgan fingerprint density at radius 1 is 0.964 bits per heavy atom. The second-order valence-corrected chi connectivity index (χ2v) is 5.91. The molecule has 0 aliphatic carbocycles. The van der Waals surface area contributed by atoms with Crippen LogP contribution in [0.1, 0.15) is 22.8 Å². The summed E-state index contributed by atoms with van der Waals surface area (Å²) in [5, 5.41) is 2.68. The molecule has 2 aromatic carbocycles. The van der Waals surface area contributed by atoms with Crippen molar-refractivity contribution in [2.45, 2.75) is 13.3 Å². The molecule has 0 spiro atoms. The Morgan fingerprint density at radius 3 is 2.54 bits per heavy atom. The van der Waals surface area contributed by atoms with Gasteiger partial charge in [-0.1, -0.05) is 30.3 Å². The number of carbonyl (C=O) groups is 2. The molecular weight excluding hydrogens is 356 g/mol. The van der Waals surface area contributed by atoms with Gasteiger partial charge in [-0.05, 0) is 48.9 Å². The van der Waals surface area contributed by atoms with Gasteiger partial charge in [0.15, 0.2) is 0 Å². The average molecular weight is 376 g/mol.